The van der Waals surface area contributed by atoms with Crippen molar-refractivity contribution in [3.05, 3.63) is 0 Å². The van der Waals surface area contributed by atoms with E-state index < -0.39 is 57.6 Å². The molecule has 0 aliphatic carbocycles. The van der Waals surface area contributed by atoms with Crippen molar-refractivity contribution in [3.8, 4) is 0 Å². The van der Waals surface area contributed by atoms with Crippen LogP contribution in [0.3, 0.4) is 0 Å². The van der Waals surface area contributed by atoms with Gasteiger partial charge < -0.3 is 25.2 Å². The van der Waals surface area contributed by atoms with Gasteiger partial charge in [-0.1, -0.05) is 78.1 Å². The molecule has 3 atom stereocenters. The molecule has 0 saturated carbocycles. The van der Waals surface area contributed by atoms with Gasteiger partial charge >= 0.3 is 19.8 Å². The molecule has 1 amide bonds. The van der Waals surface area contributed by atoms with Gasteiger partial charge in [0.25, 0.3) is 0 Å². The van der Waals surface area contributed by atoms with E-state index in [9.17, 15) is 34.1 Å². The first-order chi connectivity index (χ1) is 17.1. The fourth-order valence-electron chi connectivity index (χ4n) is 3.25. The second-order valence-electron chi connectivity index (χ2n) is 8.89. The Kier molecular flexibility index (Phi) is 20.6. The van der Waals surface area contributed by atoms with Gasteiger partial charge in [0.05, 0.1) is 13.2 Å². The summed E-state index contributed by atoms with van der Waals surface area (Å²) < 4.78 is 26.2. The average molecular weight is 540 g/mol. The first-order valence-corrected chi connectivity index (χ1v) is 14.6. The Morgan fingerprint density at radius 3 is 1.86 bits per heavy atom. The third-order valence-electron chi connectivity index (χ3n) is 5.40. The number of amides is 1. The maximum atomic E-state index is 12.0. The van der Waals surface area contributed by atoms with Crippen LogP contribution in [0, 0.1) is 0 Å². The van der Waals surface area contributed by atoms with Gasteiger partial charge in [0.1, 0.15) is 12.7 Å². The molecule has 0 rings (SSSR count). The Morgan fingerprint density at radius 1 is 0.778 bits per heavy atom. The number of phosphoric ester groups is 1. The van der Waals surface area contributed by atoms with E-state index in [0.717, 1.165) is 32.1 Å². The van der Waals surface area contributed by atoms with Crippen LogP contribution in [0.5, 0.6) is 0 Å². The number of carboxylic acids is 1. The Bertz CT molecular complexity index is 661. The monoisotopic (exact) mass is 539 g/mol. The molecular weight excluding hydrogens is 493 g/mol. The molecule has 0 bridgehead atoms. The standard InChI is InChI=1S/C24H46NO10P/c1-3-5-7-8-9-10-11-12-14-16-23(28)33-17-20(26)18-34-36(31,32)35-19-21(24(29)30)25-22(27)15-13-6-4-2/h20-21,26H,3-19H2,1-2H3,(H,25,27)(H,29,30)(H,31,32). The summed E-state index contributed by atoms with van der Waals surface area (Å²) in [4.78, 5) is 44.6. The summed E-state index contributed by atoms with van der Waals surface area (Å²) in [6.07, 6.45) is 11.4. The first kappa shape index (κ1) is 34.5. The van der Waals surface area contributed by atoms with Gasteiger partial charge in [-0.25, -0.2) is 9.36 Å². The topological polar surface area (TPSA) is 169 Å². The molecular formula is C24H46NO10P. The molecule has 212 valence electrons. The van der Waals surface area contributed by atoms with Gasteiger partial charge in [-0.3, -0.25) is 18.6 Å². The number of hydrogen-bond donors (Lipinski definition) is 4. The van der Waals surface area contributed by atoms with Crippen LogP contribution in [-0.4, -0.2) is 64.9 Å². The van der Waals surface area contributed by atoms with Crippen LogP contribution in [-0.2, 0) is 32.7 Å². The molecule has 12 heteroatoms. The lowest BCUT2D eigenvalue weighted by molar-refractivity contribution is -0.147. The van der Waals surface area contributed by atoms with Crippen molar-refractivity contribution < 1.29 is 47.8 Å². The molecule has 0 heterocycles. The Hall–Kier alpha value is -1.52. The van der Waals surface area contributed by atoms with Crippen molar-refractivity contribution in [1.29, 1.82) is 0 Å². The largest absolute Gasteiger partial charge is 0.480 e. The van der Waals surface area contributed by atoms with E-state index in [-0.39, 0.29) is 12.8 Å². The van der Waals surface area contributed by atoms with E-state index >= 15 is 0 Å². The molecule has 0 aromatic carbocycles. The van der Waals surface area contributed by atoms with Crippen molar-refractivity contribution in [2.75, 3.05) is 19.8 Å². The summed E-state index contributed by atoms with van der Waals surface area (Å²) in [7, 11) is -4.71. The van der Waals surface area contributed by atoms with Gasteiger partial charge in [-0.15, -0.1) is 0 Å². The molecule has 0 aromatic heterocycles. The van der Waals surface area contributed by atoms with Crippen LogP contribution in [0.25, 0.3) is 0 Å². The van der Waals surface area contributed by atoms with Gasteiger partial charge in [0, 0.05) is 12.8 Å². The summed E-state index contributed by atoms with van der Waals surface area (Å²) >= 11 is 0. The van der Waals surface area contributed by atoms with Crippen LogP contribution in [0.2, 0.25) is 0 Å². The van der Waals surface area contributed by atoms with E-state index in [4.69, 9.17) is 4.74 Å². The smallest absolute Gasteiger partial charge is 0.472 e. The highest BCUT2D eigenvalue weighted by Crippen LogP contribution is 2.43. The SMILES string of the molecule is CCCCCCCCCCCC(=O)OCC(O)COP(=O)(O)OCC(NC(=O)CCCCC)C(=O)O. The number of carbonyl (C=O) groups excluding carboxylic acids is 2. The van der Waals surface area contributed by atoms with Crippen LogP contribution < -0.4 is 5.32 Å². The number of unbranched alkanes of at least 4 members (excludes halogenated alkanes) is 10. The van der Waals surface area contributed by atoms with E-state index in [1.807, 2.05) is 6.92 Å². The number of aliphatic hydroxyl groups excluding tert-OH is 1. The third kappa shape index (κ3) is 20.7. The number of aliphatic carboxylic acids is 1. The number of carboxylic acid groups (broad SMARTS) is 1. The summed E-state index contributed by atoms with van der Waals surface area (Å²) in [5, 5.41) is 21.2. The molecule has 0 fully saturated rings. The molecule has 11 nitrogen and oxygen atoms in total. The second-order valence-corrected chi connectivity index (χ2v) is 10.3. The van der Waals surface area contributed by atoms with Crippen LogP contribution in [0.4, 0.5) is 0 Å². The van der Waals surface area contributed by atoms with Crippen molar-refractivity contribution in [1.82, 2.24) is 5.32 Å². The van der Waals surface area contributed by atoms with E-state index in [1.165, 1.54) is 32.1 Å². The summed E-state index contributed by atoms with van der Waals surface area (Å²) in [6.45, 7) is 2.27. The Morgan fingerprint density at radius 2 is 1.28 bits per heavy atom. The highest BCUT2D eigenvalue weighted by Gasteiger charge is 2.28. The molecule has 3 unspecified atom stereocenters. The van der Waals surface area contributed by atoms with E-state index in [0.29, 0.717) is 12.8 Å². The minimum atomic E-state index is -4.71. The zero-order valence-electron chi connectivity index (χ0n) is 21.8. The number of hydrogen-bond acceptors (Lipinski definition) is 8. The molecule has 4 N–H and O–H groups in total. The minimum absolute atomic E-state index is 0.134. The number of nitrogens with one attached hydrogen (secondary N) is 1. The number of phosphoric acid groups is 1. The van der Waals surface area contributed by atoms with Crippen LogP contribution in [0.15, 0.2) is 0 Å². The summed E-state index contributed by atoms with van der Waals surface area (Å²) in [5.74, 6) is -2.41. The molecule has 0 aromatic rings. The quantitative estimate of drug-likeness (QED) is 0.0796. The van der Waals surface area contributed by atoms with Gasteiger partial charge in [-0.2, -0.15) is 0 Å². The third-order valence-corrected chi connectivity index (χ3v) is 6.35. The highest BCUT2D eigenvalue weighted by molar-refractivity contribution is 7.47. The van der Waals surface area contributed by atoms with Crippen molar-refractivity contribution in [3.63, 3.8) is 0 Å². The van der Waals surface area contributed by atoms with Crippen molar-refractivity contribution in [2.45, 2.75) is 116 Å². The number of ether oxygens (including phenoxy) is 1. The number of aliphatic hydroxyl groups is 1. The molecule has 0 aliphatic rings. The Labute approximate surface area is 214 Å². The normalized spacial score (nSPS) is 14.6. The average Bonchev–Trinajstić information content (AvgIpc) is 2.83. The second kappa shape index (κ2) is 21.6. The number of esters is 1. The summed E-state index contributed by atoms with van der Waals surface area (Å²) in [6, 6.07) is -1.53. The maximum absolute atomic E-state index is 12.0. The lowest BCUT2D eigenvalue weighted by Crippen LogP contribution is -2.43. The maximum Gasteiger partial charge on any atom is 0.472 e. The van der Waals surface area contributed by atoms with E-state index in [1.54, 1.807) is 0 Å². The zero-order valence-corrected chi connectivity index (χ0v) is 22.7. The van der Waals surface area contributed by atoms with Crippen molar-refractivity contribution in [2.24, 2.45) is 0 Å². The van der Waals surface area contributed by atoms with E-state index in [2.05, 4.69) is 21.3 Å². The van der Waals surface area contributed by atoms with Crippen LogP contribution >= 0.6 is 7.82 Å². The van der Waals surface area contributed by atoms with Gasteiger partial charge in [0.2, 0.25) is 5.91 Å². The van der Waals surface area contributed by atoms with Crippen LogP contribution in [0.1, 0.15) is 104 Å². The lowest BCUT2D eigenvalue weighted by Gasteiger charge is -2.18. The fraction of sp³-hybridized carbons (Fsp3) is 0.875. The molecule has 0 spiro atoms. The Balaban J connectivity index is 4.06. The predicted molar refractivity (Wildman–Crippen MR) is 134 cm³/mol. The van der Waals surface area contributed by atoms with Gasteiger partial charge in [0.15, 0.2) is 6.04 Å². The first-order valence-electron chi connectivity index (χ1n) is 13.1. The van der Waals surface area contributed by atoms with Gasteiger partial charge in [-0.05, 0) is 12.8 Å². The zero-order chi connectivity index (χ0) is 27.2. The molecule has 0 saturated heterocycles. The molecule has 0 radical (unpaired) electrons. The predicted octanol–water partition coefficient (Wildman–Crippen LogP) is 4.09. The highest BCUT2D eigenvalue weighted by atomic mass is 31.2. The summed E-state index contributed by atoms with van der Waals surface area (Å²) in [5.41, 5.74) is 0. The molecule has 0 aliphatic heterocycles. The fourth-order valence-corrected chi connectivity index (χ4v) is 4.02. The lowest BCUT2D eigenvalue weighted by atomic mass is 10.1. The minimum Gasteiger partial charge on any atom is -0.480 e. The molecule has 36 heavy (non-hydrogen) atoms. The number of carbonyl (C=O) groups is 3. The number of rotatable bonds is 24. The van der Waals surface area contributed by atoms with Crippen molar-refractivity contribution >= 4 is 25.7 Å².